The van der Waals surface area contributed by atoms with Crippen LogP contribution in [0.1, 0.15) is 12.0 Å². The molecule has 1 aromatic rings. The van der Waals surface area contributed by atoms with E-state index in [1.807, 2.05) is 30.3 Å². The Kier molecular flexibility index (Phi) is 4.42. The topological polar surface area (TPSA) is 102 Å². The Morgan fingerprint density at radius 1 is 1.35 bits per heavy atom. The van der Waals surface area contributed by atoms with Crippen molar-refractivity contribution in [1.82, 2.24) is 10.2 Å². The van der Waals surface area contributed by atoms with Crippen molar-refractivity contribution in [3.8, 4) is 0 Å². The second-order valence-electron chi connectivity index (χ2n) is 5.45. The van der Waals surface area contributed by atoms with E-state index in [1.54, 1.807) is 0 Å². The lowest BCUT2D eigenvalue weighted by molar-refractivity contribution is -0.136. The monoisotopic (exact) mass is 335 g/mol. The molecule has 3 atom stereocenters. The van der Waals surface area contributed by atoms with Crippen molar-refractivity contribution >= 4 is 29.7 Å². The van der Waals surface area contributed by atoms with Crippen LogP contribution in [0.4, 0.5) is 4.79 Å². The molecule has 3 N–H and O–H groups in total. The van der Waals surface area contributed by atoms with Gasteiger partial charge in [-0.15, -0.1) is 11.8 Å². The summed E-state index contributed by atoms with van der Waals surface area (Å²) >= 11 is 1.51. The summed E-state index contributed by atoms with van der Waals surface area (Å²) < 4.78 is 5.12. The van der Waals surface area contributed by atoms with E-state index < -0.39 is 24.1 Å². The molecular weight excluding hydrogens is 318 g/mol. The number of hydrogen-bond acceptors (Lipinski definition) is 5. The predicted octanol–water partition coefficient (Wildman–Crippen LogP) is 0.440. The van der Waals surface area contributed by atoms with Gasteiger partial charge < -0.3 is 20.7 Å². The number of rotatable bonds is 4. The van der Waals surface area contributed by atoms with Gasteiger partial charge in [0.2, 0.25) is 11.8 Å². The molecule has 0 aliphatic carbocycles. The summed E-state index contributed by atoms with van der Waals surface area (Å²) in [6.07, 6.45) is -0.192. The zero-order valence-corrected chi connectivity index (χ0v) is 13.1. The maximum atomic E-state index is 12.3. The zero-order valence-electron chi connectivity index (χ0n) is 12.3. The molecule has 7 nitrogen and oxygen atoms in total. The van der Waals surface area contributed by atoms with Gasteiger partial charge in [0.15, 0.2) is 0 Å². The Balaban J connectivity index is 1.54. The number of benzene rings is 1. The van der Waals surface area contributed by atoms with E-state index in [4.69, 9.17) is 10.5 Å². The number of alkyl carbamates (subject to hydrolysis) is 1. The minimum atomic E-state index is -0.669. The molecule has 3 rings (SSSR count). The summed E-state index contributed by atoms with van der Waals surface area (Å²) in [4.78, 5) is 37.1. The highest BCUT2D eigenvalue weighted by Gasteiger charge is 2.49. The first-order valence-corrected chi connectivity index (χ1v) is 8.31. The molecule has 0 spiro atoms. The molecule has 0 bridgehead atoms. The van der Waals surface area contributed by atoms with Crippen LogP contribution >= 0.6 is 11.8 Å². The lowest BCUT2D eigenvalue weighted by atomic mass is 10.2. The maximum Gasteiger partial charge on any atom is 0.408 e. The third-order valence-corrected chi connectivity index (χ3v) is 5.23. The van der Waals surface area contributed by atoms with Crippen molar-refractivity contribution in [3.63, 3.8) is 0 Å². The van der Waals surface area contributed by atoms with Gasteiger partial charge >= 0.3 is 6.09 Å². The van der Waals surface area contributed by atoms with Crippen molar-refractivity contribution in [3.05, 3.63) is 35.9 Å². The fraction of sp³-hybridized carbons (Fsp3) is 0.400. The first-order valence-electron chi connectivity index (χ1n) is 7.26. The Labute approximate surface area is 137 Å². The van der Waals surface area contributed by atoms with E-state index in [9.17, 15) is 14.4 Å². The van der Waals surface area contributed by atoms with Gasteiger partial charge in [-0.3, -0.25) is 9.59 Å². The molecule has 122 valence electrons. The average Bonchev–Trinajstić information content (AvgIpc) is 3.08. The van der Waals surface area contributed by atoms with Crippen LogP contribution in [0, 0.1) is 0 Å². The van der Waals surface area contributed by atoms with E-state index in [0.717, 1.165) is 5.56 Å². The van der Waals surface area contributed by atoms with Gasteiger partial charge in [-0.1, -0.05) is 30.3 Å². The molecule has 2 saturated heterocycles. The van der Waals surface area contributed by atoms with E-state index in [2.05, 4.69) is 5.32 Å². The molecule has 2 heterocycles. The highest BCUT2D eigenvalue weighted by Crippen LogP contribution is 2.37. The van der Waals surface area contributed by atoms with Crippen molar-refractivity contribution < 1.29 is 19.1 Å². The first-order chi connectivity index (χ1) is 11.1. The van der Waals surface area contributed by atoms with Crippen LogP contribution < -0.4 is 11.1 Å². The standard InChI is InChI=1S/C15H17N3O4S/c16-13(19)11-8-23-12-6-10(14(20)18(11)12)17-15(21)22-7-9-4-2-1-3-5-9/h1-5,10-12H,6-8H2,(H2,16,19)(H,17,21)/t10-,11-,12-/m0/s1. The predicted molar refractivity (Wildman–Crippen MR) is 84.2 cm³/mol. The van der Waals surface area contributed by atoms with Crippen LogP contribution in [0.5, 0.6) is 0 Å². The molecule has 0 radical (unpaired) electrons. The molecule has 8 heteroatoms. The lowest BCUT2D eigenvalue weighted by Crippen LogP contribution is -2.48. The summed E-state index contributed by atoms with van der Waals surface area (Å²) in [5.74, 6) is -0.280. The highest BCUT2D eigenvalue weighted by atomic mass is 32.2. The van der Waals surface area contributed by atoms with E-state index in [0.29, 0.717) is 12.2 Å². The largest absolute Gasteiger partial charge is 0.445 e. The molecule has 0 unspecified atom stereocenters. The zero-order chi connectivity index (χ0) is 16.4. The van der Waals surface area contributed by atoms with Crippen molar-refractivity contribution in [1.29, 1.82) is 0 Å². The van der Waals surface area contributed by atoms with Crippen LogP contribution in [-0.2, 0) is 20.9 Å². The molecule has 2 aliphatic heterocycles. The Morgan fingerprint density at radius 2 is 2.09 bits per heavy atom. The lowest BCUT2D eigenvalue weighted by Gasteiger charge is -2.20. The van der Waals surface area contributed by atoms with Crippen molar-refractivity contribution in [2.75, 3.05) is 5.75 Å². The first kappa shape index (κ1) is 15.7. The van der Waals surface area contributed by atoms with Crippen LogP contribution in [-0.4, -0.2) is 46.0 Å². The minimum absolute atomic E-state index is 0.112. The Morgan fingerprint density at radius 3 is 2.78 bits per heavy atom. The van der Waals surface area contributed by atoms with Gasteiger partial charge in [0.05, 0.1) is 5.37 Å². The number of ether oxygens (including phenoxy) is 1. The average molecular weight is 335 g/mol. The second-order valence-corrected chi connectivity index (χ2v) is 6.66. The van der Waals surface area contributed by atoms with Gasteiger partial charge in [0, 0.05) is 12.2 Å². The molecule has 23 heavy (non-hydrogen) atoms. The Hall–Kier alpha value is -2.22. The molecule has 2 aliphatic rings. The van der Waals surface area contributed by atoms with E-state index in [1.165, 1.54) is 16.7 Å². The summed E-state index contributed by atoms with van der Waals surface area (Å²) in [5, 5.41) is 2.46. The summed E-state index contributed by atoms with van der Waals surface area (Å²) in [7, 11) is 0. The number of carbonyl (C=O) groups excluding carboxylic acids is 3. The SMILES string of the molecule is NC(=O)[C@@H]1CS[C@H]2C[C@H](NC(=O)OCc3ccccc3)C(=O)N21. The number of carbonyl (C=O) groups is 3. The highest BCUT2D eigenvalue weighted by molar-refractivity contribution is 8.00. The summed E-state index contributed by atoms with van der Waals surface area (Å²) in [6, 6.07) is 8.01. The number of nitrogens with one attached hydrogen (secondary N) is 1. The van der Waals surface area contributed by atoms with Crippen LogP contribution in [0.3, 0.4) is 0 Å². The van der Waals surface area contributed by atoms with Gasteiger partial charge in [-0.2, -0.15) is 0 Å². The van der Waals surface area contributed by atoms with Crippen LogP contribution in [0.25, 0.3) is 0 Å². The van der Waals surface area contributed by atoms with Crippen molar-refractivity contribution in [2.24, 2.45) is 5.73 Å². The normalized spacial score (nSPS) is 26.0. The number of amides is 3. The fourth-order valence-electron chi connectivity index (χ4n) is 2.77. The minimum Gasteiger partial charge on any atom is -0.445 e. The Bertz CT molecular complexity index is 624. The van der Waals surface area contributed by atoms with Gasteiger partial charge in [-0.05, 0) is 5.56 Å². The summed E-state index contributed by atoms with van der Waals surface area (Å²) in [5.41, 5.74) is 6.18. The molecule has 0 saturated carbocycles. The van der Waals surface area contributed by atoms with Gasteiger partial charge in [-0.25, -0.2) is 4.79 Å². The van der Waals surface area contributed by atoms with E-state index in [-0.39, 0.29) is 17.9 Å². The second kappa shape index (κ2) is 6.49. The number of hydrogen-bond donors (Lipinski definition) is 2. The molecule has 0 aromatic heterocycles. The number of fused-ring (bicyclic) bond motifs is 1. The molecule has 3 amide bonds. The fourth-order valence-corrected chi connectivity index (χ4v) is 4.24. The van der Waals surface area contributed by atoms with Crippen LogP contribution in [0.15, 0.2) is 30.3 Å². The van der Waals surface area contributed by atoms with E-state index >= 15 is 0 Å². The smallest absolute Gasteiger partial charge is 0.408 e. The van der Waals surface area contributed by atoms with Gasteiger partial charge in [0.1, 0.15) is 18.7 Å². The maximum absolute atomic E-state index is 12.3. The molecule has 2 fully saturated rings. The van der Waals surface area contributed by atoms with Gasteiger partial charge in [0.25, 0.3) is 0 Å². The molecule has 1 aromatic carbocycles. The number of nitrogens with zero attached hydrogens (tertiary/aromatic N) is 1. The van der Waals surface area contributed by atoms with Crippen molar-refractivity contribution in [2.45, 2.75) is 30.5 Å². The third-order valence-electron chi connectivity index (χ3n) is 3.92. The third kappa shape index (κ3) is 3.26. The molecular formula is C15H17N3O4S. The van der Waals surface area contributed by atoms with Crippen LogP contribution in [0.2, 0.25) is 0 Å². The summed E-state index contributed by atoms with van der Waals surface area (Å²) in [6.45, 7) is 0.138. The number of thioether (sulfide) groups is 1. The number of primary amides is 1. The number of nitrogens with two attached hydrogens (primary N) is 1. The quantitative estimate of drug-likeness (QED) is 0.831.